The van der Waals surface area contributed by atoms with Gasteiger partial charge in [-0.1, -0.05) is 48.6 Å². The molecule has 0 amide bonds. The van der Waals surface area contributed by atoms with Gasteiger partial charge in [0.25, 0.3) is 0 Å². The molecule has 0 aliphatic carbocycles. The molecule has 2 rings (SSSR count). The first-order valence-corrected chi connectivity index (χ1v) is 5.86. The highest BCUT2D eigenvalue weighted by atomic mass is 16.5. The van der Waals surface area contributed by atoms with Gasteiger partial charge in [0.15, 0.2) is 0 Å². The van der Waals surface area contributed by atoms with Crippen molar-refractivity contribution in [1.82, 2.24) is 0 Å². The molecule has 0 bridgehead atoms. The smallest absolute Gasteiger partial charge is 0.336 e. The lowest BCUT2D eigenvalue weighted by atomic mass is 10.1. The number of aromatic carboxylic acids is 1. The Morgan fingerprint density at radius 2 is 1.58 bits per heavy atom. The Hall–Kier alpha value is -2.55. The summed E-state index contributed by atoms with van der Waals surface area (Å²) in [7, 11) is 1.61. The van der Waals surface area contributed by atoms with Gasteiger partial charge in [-0.3, -0.25) is 0 Å². The molecule has 0 radical (unpaired) electrons. The fourth-order valence-electron chi connectivity index (χ4n) is 1.82. The van der Waals surface area contributed by atoms with Gasteiger partial charge < -0.3 is 9.84 Å². The maximum absolute atomic E-state index is 11.1. The van der Waals surface area contributed by atoms with Gasteiger partial charge in [0, 0.05) is 5.56 Å². The summed E-state index contributed by atoms with van der Waals surface area (Å²) in [6.45, 7) is 0. The quantitative estimate of drug-likeness (QED) is 0.848. The second-order valence-corrected chi connectivity index (χ2v) is 3.97. The average Bonchev–Trinajstić information content (AvgIpc) is 2.45. The Bertz CT molecular complexity index is 615. The topological polar surface area (TPSA) is 46.5 Å². The lowest BCUT2D eigenvalue weighted by Gasteiger charge is -2.04. The molecular weight excluding hydrogens is 240 g/mol. The number of carbonyl (C=O) groups is 1. The number of carboxylic acid groups (broad SMARTS) is 1. The summed E-state index contributed by atoms with van der Waals surface area (Å²) in [5, 5.41) is 9.11. The third-order valence-corrected chi connectivity index (χ3v) is 2.77. The summed E-state index contributed by atoms with van der Waals surface area (Å²) in [6.07, 6.45) is 3.63. The summed E-state index contributed by atoms with van der Waals surface area (Å²) in [5.74, 6) is -0.174. The maximum atomic E-state index is 11.1. The Kier molecular flexibility index (Phi) is 3.98. The van der Waals surface area contributed by atoms with E-state index in [1.165, 1.54) is 0 Å². The highest BCUT2D eigenvalue weighted by Crippen LogP contribution is 2.21. The highest BCUT2D eigenvalue weighted by Gasteiger charge is 2.06. The second kappa shape index (κ2) is 5.87. The number of ether oxygens (including phenoxy) is 1. The first kappa shape index (κ1) is 12.9. The van der Waals surface area contributed by atoms with Crippen LogP contribution in [-0.4, -0.2) is 18.2 Å². The van der Waals surface area contributed by atoms with E-state index in [0.717, 1.165) is 11.3 Å². The molecule has 0 spiro atoms. The molecule has 0 fully saturated rings. The molecule has 19 heavy (non-hydrogen) atoms. The molecule has 0 aromatic heterocycles. The van der Waals surface area contributed by atoms with Crippen LogP contribution in [0.1, 0.15) is 21.5 Å². The zero-order valence-electron chi connectivity index (χ0n) is 10.5. The number of hydrogen-bond donors (Lipinski definition) is 1. The minimum Gasteiger partial charge on any atom is -0.496 e. The fraction of sp³-hybridized carbons (Fsp3) is 0.0625. The van der Waals surface area contributed by atoms with Crippen molar-refractivity contribution in [3.05, 3.63) is 65.2 Å². The summed E-state index contributed by atoms with van der Waals surface area (Å²) in [6, 6.07) is 14.5. The van der Waals surface area contributed by atoms with Crippen LogP contribution in [0, 0.1) is 0 Å². The molecule has 2 aromatic carbocycles. The van der Waals surface area contributed by atoms with Crippen LogP contribution in [0.2, 0.25) is 0 Å². The third-order valence-electron chi connectivity index (χ3n) is 2.77. The minimum atomic E-state index is -0.930. The standard InChI is InChI=1S/C16H14O3/c1-19-15-9-5-3-7-13(15)11-10-12-6-2-4-8-14(12)16(17)18/h2-11H,1H3,(H,17,18)/b11-10+. The molecule has 96 valence electrons. The van der Waals surface area contributed by atoms with Crippen LogP contribution in [0.25, 0.3) is 12.2 Å². The van der Waals surface area contributed by atoms with Crippen LogP contribution in [0.5, 0.6) is 5.75 Å². The van der Waals surface area contributed by atoms with Crippen molar-refractivity contribution in [1.29, 1.82) is 0 Å². The molecule has 0 unspecified atom stereocenters. The van der Waals surface area contributed by atoms with Crippen LogP contribution in [-0.2, 0) is 0 Å². The van der Waals surface area contributed by atoms with E-state index in [1.807, 2.05) is 36.4 Å². The minimum absolute atomic E-state index is 0.286. The number of para-hydroxylation sites is 1. The maximum Gasteiger partial charge on any atom is 0.336 e. The van der Waals surface area contributed by atoms with E-state index in [1.54, 1.807) is 31.4 Å². The molecule has 2 aromatic rings. The monoisotopic (exact) mass is 254 g/mol. The van der Waals surface area contributed by atoms with Crippen LogP contribution >= 0.6 is 0 Å². The number of hydrogen-bond acceptors (Lipinski definition) is 2. The SMILES string of the molecule is COc1ccccc1/C=C/c1ccccc1C(=O)O. The molecular formula is C16H14O3. The zero-order valence-corrected chi connectivity index (χ0v) is 10.5. The van der Waals surface area contributed by atoms with Crippen LogP contribution in [0.3, 0.4) is 0 Å². The van der Waals surface area contributed by atoms with Crippen LogP contribution < -0.4 is 4.74 Å². The van der Waals surface area contributed by atoms with E-state index in [2.05, 4.69) is 0 Å². The Labute approximate surface area is 111 Å². The summed E-state index contributed by atoms with van der Waals surface area (Å²) >= 11 is 0. The van der Waals surface area contributed by atoms with Gasteiger partial charge in [-0.25, -0.2) is 4.79 Å². The van der Waals surface area contributed by atoms with E-state index >= 15 is 0 Å². The normalized spacial score (nSPS) is 10.6. The third kappa shape index (κ3) is 3.01. The predicted octanol–water partition coefficient (Wildman–Crippen LogP) is 3.56. The van der Waals surface area contributed by atoms with E-state index < -0.39 is 5.97 Å². The lowest BCUT2D eigenvalue weighted by molar-refractivity contribution is 0.0696. The molecule has 1 N–H and O–H groups in total. The van der Waals surface area contributed by atoms with Crippen LogP contribution in [0.4, 0.5) is 0 Å². The number of carboxylic acids is 1. The van der Waals surface area contributed by atoms with Crippen molar-refractivity contribution >= 4 is 18.1 Å². The van der Waals surface area contributed by atoms with Crippen LogP contribution in [0.15, 0.2) is 48.5 Å². The van der Waals surface area contributed by atoms with E-state index in [-0.39, 0.29) is 5.56 Å². The molecule has 0 aliphatic rings. The molecule has 3 nitrogen and oxygen atoms in total. The van der Waals surface area contributed by atoms with Gasteiger partial charge in [-0.15, -0.1) is 0 Å². The van der Waals surface area contributed by atoms with Gasteiger partial charge in [0.1, 0.15) is 5.75 Å². The van der Waals surface area contributed by atoms with Gasteiger partial charge in [0.05, 0.1) is 12.7 Å². The molecule has 0 saturated heterocycles. The van der Waals surface area contributed by atoms with Crippen molar-refractivity contribution in [3.8, 4) is 5.75 Å². The van der Waals surface area contributed by atoms with Crippen molar-refractivity contribution in [3.63, 3.8) is 0 Å². The Morgan fingerprint density at radius 3 is 2.26 bits per heavy atom. The average molecular weight is 254 g/mol. The van der Waals surface area contributed by atoms with Crippen molar-refractivity contribution in [2.45, 2.75) is 0 Å². The second-order valence-electron chi connectivity index (χ2n) is 3.97. The Balaban J connectivity index is 2.35. The van der Waals surface area contributed by atoms with Gasteiger partial charge in [0.2, 0.25) is 0 Å². The lowest BCUT2D eigenvalue weighted by Crippen LogP contribution is -1.98. The number of benzene rings is 2. The molecule has 0 saturated carbocycles. The molecule has 3 heteroatoms. The molecule has 0 heterocycles. The van der Waals surface area contributed by atoms with E-state index in [9.17, 15) is 4.79 Å². The predicted molar refractivity (Wildman–Crippen MR) is 75.3 cm³/mol. The molecule has 0 atom stereocenters. The number of rotatable bonds is 4. The summed E-state index contributed by atoms with van der Waals surface area (Å²) in [4.78, 5) is 11.1. The zero-order chi connectivity index (χ0) is 13.7. The summed E-state index contributed by atoms with van der Waals surface area (Å²) < 4.78 is 5.24. The van der Waals surface area contributed by atoms with E-state index in [0.29, 0.717) is 5.56 Å². The van der Waals surface area contributed by atoms with Gasteiger partial charge in [-0.2, -0.15) is 0 Å². The summed E-state index contributed by atoms with van der Waals surface area (Å²) in [5.41, 5.74) is 1.86. The Morgan fingerprint density at radius 1 is 1.00 bits per heavy atom. The van der Waals surface area contributed by atoms with E-state index in [4.69, 9.17) is 9.84 Å². The van der Waals surface area contributed by atoms with Crippen molar-refractivity contribution in [2.24, 2.45) is 0 Å². The van der Waals surface area contributed by atoms with Gasteiger partial charge >= 0.3 is 5.97 Å². The van der Waals surface area contributed by atoms with Crippen molar-refractivity contribution in [2.75, 3.05) is 7.11 Å². The first-order chi connectivity index (χ1) is 9.22. The number of methoxy groups -OCH3 is 1. The molecule has 0 aliphatic heterocycles. The first-order valence-electron chi connectivity index (χ1n) is 5.86. The van der Waals surface area contributed by atoms with Gasteiger partial charge in [-0.05, 0) is 17.7 Å². The largest absolute Gasteiger partial charge is 0.496 e. The fourth-order valence-corrected chi connectivity index (χ4v) is 1.82. The van der Waals surface area contributed by atoms with Crippen molar-refractivity contribution < 1.29 is 14.6 Å². The highest BCUT2D eigenvalue weighted by molar-refractivity contribution is 5.93.